The summed E-state index contributed by atoms with van der Waals surface area (Å²) in [6.07, 6.45) is 3.45. The molecule has 2 rings (SSSR count). The summed E-state index contributed by atoms with van der Waals surface area (Å²) in [5, 5.41) is 3.43. The van der Waals surface area contributed by atoms with E-state index in [2.05, 4.69) is 10.3 Å². The Kier molecular flexibility index (Phi) is 5.58. The summed E-state index contributed by atoms with van der Waals surface area (Å²) in [6.45, 7) is 2.33. The Balaban J connectivity index is 1.92. The molecule has 21 heavy (non-hydrogen) atoms. The number of rotatable bonds is 6. The fourth-order valence-corrected chi connectivity index (χ4v) is 2.01. The van der Waals surface area contributed by atoms with Crippen LogP contribution >= 0.6 is 11.6 Å². The summed E-state index contributed by atoms with van der Waals surface area (Å²) in [5.74, 6) is 0.437. The Hall–Kier alpha value is -2.07. The molecule has 0 saturated carbocycles. The Bertz CT molecular complexity index is 590. The summed E-state index contributed by atoms with van der Waals surface area (Å²) in [5.41, 5.74) is 0.948. The van der Waals surface area contributed by atoms with Crippen molar-refractivity contribution in [1.82, 2.24) is 10.3 Å². The predicted octanol–water partition coefficient (Wildman–Crippen LogP) is 3.21. The molecule has 2 aromatic rings. The minimum atomic E-state index is -0.542. The Morgan fingerprint density at radius 3 is 2.90 bits per heavy atom. The van der Waals surface area contributed by atoms with Crippen LogP contribution in [0.5, 0.6) is 5.75 Å². The minimum absolute atomic E-state index is 0.152. The number of aromatic nitrogens is 1. The maximum Gasteiger partial charge on any atom is 0.261 e. The maximum atomic E-state index is 12.1. The van der Waals surface area contributed by atoms with Crippen LogP contribution in [0.4, 0.5) is 0 Å². The van der Waals surface area contributed by atoms with Crippen molar-refractivity contribution >= 4 is 17.5 Å². The zero-order valence-electron chi connectivity index (χ0n) is 11.8. The second-order valence-electron chi connectivity index (χ2n) is 4.55. The fourth-order valence-electron chi connectivity index (χ4n) is 1.83. The lowest BCUT2D eigenvalue weighted by Crippen LogP contribution is -2.37. The van der Waals surface area contributed by atoms with Gasteiger partial charge in [-0.15, -0.1) is 0 Å². The zero-order chi connectivity index (χ0) is 15.1. The summed E-state index contributed by atoms with van der Waals surface area (Å²) < 4.78 is 5.68. The molecule has 1 aromatic heterocycles. The minimum Gasteiger partial charge on any atom is -0.481 e. The van der Waals surface area contributed by atoms with Gasteiger partial charge in [-0.3, -0.25) is 9.78 Å². The van der Waals surface area contributed by atoms with E-state index in [4.69, 9.17) is 16.3 Å². The van der Waals surface area contributed by atoms with Crippen LogP contribution in [-0.2, 0) is 11.3 Å². The van der Waals surface area contributed by atoms with Crippen LogP contribution in [0, 0.1) is 0 Å². The molecule has 0 saturated heterocycles. The quantitative estimate of drug-likeness (QED) is 0.891. The van der Waals surface area contributed by atoms with Crippen molar-refractivity contribution in [3.63, 3.8) is 0 Å². The van der Waals surface area contributed by atoms with Gasteiger partial charge in [-0.1, -0.05) is 30.7 Å². The monoisotopic (exact) mass is 304 g/mol. The van der Waals surface area contributed by atoms with Gasteiger partial charge in [-0.05, 0) is 36.2 Å². The van der Waals surface area contributed by atoms with E-state index < -0.39 is 6.10 Å². The van der Waals surface area contributed by atoms with Crippen LogP contribution in [0.25, 0.3) is 0 Å². The van der Waals surface area contributed by atoms with E-state index in [9.17, 15) is 4.79 Å². The first-order valence-corrected chi connectivity index (χ1v) is 7.15. The van der Waals surface area contributed by atoms with Crippen molar-refractivity contribution in [2.24, 2.45) is 0 Å². The van der Waals surface area contributed by atoms with Crippen LogP contribution < -0.4 is 10.1 Å². The summed E-state index contributed by atoms with van der Waals surface area (Å²) in [6, 6.07) is 10.8. The third-order valence-corrected chi connectivity index (χ3v) is 3.16. The number of pyridine rings is 1. The molecule has 1 aromatic carbocycles. The van der Waals surface area contributed by atoms with Crippen molar-refractivity contribution in [3.05, 3.63) is 59.4 Å². The lowest BCUT2D eigenvalue weighted by atomic mass is 10.2. The number of carbonyl (C=O) groups is 1. The predicted molar refractivity (Wildman–Crippen MR) is 82.2 cm³/mol. The molecule has 0 aliphatic rings. The smallest absolute Gasteiger partial charge is 0.261 e. The Morgan fingerprint density at radius 1 is 1.38 bits per heavy atom. The Morgan fingerprint density at radius 2 is 2.24 bits per heavy atom. The van der Waals surface area contributed by atoms with Gasteiger partial charge in [0, 0.05) is 24.0 Å². The molecule has 1 N–H and O–H groups in total. The van der Waals surface area contributed by atoms with E-state index >= 15 is 0 Å². The van der Waals surface area contributed by atoms with Crippen molar-refractivity contribution in [3.8, 4) is 5.75 Å². The second kappa shape index (κ2) is 7.64. The van der Waals surface area contributed by atoms with Gasteiger partial charge >= 0.3 is 0 Å². The molecule has 0 spiro atoms. The van der Waals surface area contributed by atoms with Crippen molar-refractivity contribution in [2.45, 2.75) is 26.0 Å². The van der Waals surface area contributed by atoms with Crippen LogP contribution in [0.15, 0.2) is 48.8 Å². The second-order valence-corrected chi connectivity index (χ2v) is 4.99. The van der Waals surface area contributed by atoms with Gasteiger partial charge in [0.15, 0.2) is 6.10 Å². The van der Waals surface area contributed by atoms with Crippen LogP contribution in [0.1, 0.15) is 18.9 Å². The summed E-state index contributed by atoms with van der Waals surface area (Å²) in [4.78, 5) is 16.2. The summed E-state index contributed by atoms with van der Waals surface area (Å²) in [7, 11) is 0. The highest BCUT2D eigenvalue weighted by atomic mass is 35.5. The molecule has 0 fully saturated rings. The third kappa shape index (κ3) is 4.76. The third-order valence-electron chi connectivity index (χ3n) is 2.93. The van der Waals surface area contributed by atoms with Crippen LogP contribution in [-0.4, -0.2) is 17.0 Å². The van der Waals surface area contributed by atoms with Gasteiger partial charge in [0.25, 0.3) is 5.91 Å². The normalized spacial score (nSPS) is 11.7. The van der Waals surface area contributed by atoms with E-state index in [1.54, 1.807) is 36.7 Å². The van der Waals surface area contributed by atoms with Gasteiger partial charge in [0.2, 0.25) is 0 Å². The lowest BCUT2D eigenvalue weighted by Gasteiger charge is -2.17. The molecule has 0 aliphatic carbocycles. The van der Waals surface area contributed by atoms with E-state index in [1.165, 1.54) is 0 Å². The molecule has 4 nitrogen and oxygen atoms in total. The molecule has 110 valence electrons. The van der Waals surface area contributed by atoms with Crippen molar-refractivity contribution in [2.75, 3.05) is 0 Å². The van der Waals surface area contributed by atoms with E-state index in [0.29, 0.717) is 23.7 Å². The number of benzene rings is 1. The lowest BCUT2D eigenvalue weighted by molar-refractivity contribution is -0.128. The first-order chi connectivity index (χ1) is 10.2. The van der Waals surface area contributed by atoms with Gasteiger partial charge in [0.05, 0.1) is 0 Å². The Labute approximate surface area is 129 Å². The van der Waals surface area contributed by atoms with Crippen molar-refractivity contribution < 1.29 is 9.53 Å². The van der Waals surface area contributed by atoms with Gasteiger partial charge in [-0.2, -0.15) is 0 Å². The van der Waals surface area contributed by atoms with Crippen LogP contribution in [0.3, 0.4) is 0 Å². The molecule has 0 radical (unpaired) electrons. The van der Waals surface area contributed by atoms with Gasteiger partial charge < -0.3 is 10.1 Å². The molecule has 0 aliphatic heterocycles. The number of nitrogens with zero attached hydrogens (tertiary/aromatic N) is 1. The number of carbonyl (C=O) groups excluding carboxylic acids is 1. The highest BCUT2D eigenvalue weighted by Gasteiger charge is 2.18. The number of nitrogens with one attached hydrogen (secondary N) is 1. The average Bonchev–Trinajstić information content (AvgIpc) is 2.51. The first-order valence-electron chi connectivity index (χ1n) is 6.78. The zero-order valence-corrected chi connectivity index (χ0v) is 12.5. The van der Waals surface area contributed by atoms with E-state index in [-0.39, 0.29) is 5.91 Å². The number of ether oxygens (including phenoxy) is 1. The molecule has 1 unspecified atom stereocenters. The molecule has 1 atom stereocenters. The largest absolute Gasteiger partial charge is 0.481 e. The highest BCUT2D eigenvalue weighted by molar-refractivity contribution is 6.30. The molecular weight excluding hydrogens is 288 g/mol. The van der Waals surface area contributed by atoms with Gasteiger partial charge in [0.1, 0.15) is 5.75 Å². The molecule has 5 heteroatoms. The number of hydrogen-bond acceptors (Lipinski definition) is 3. The molecular formula is C16H17ClN2O2. The molecule has 0 bridgehead atoms. The maximum absolute atomic E-state index is 12.1. The SMILES string of the molecule is CCC(Oc1cccc(Cl)c1)C(=O)NCc1cccnc1. The topological polar surface area (TPSA) is 51.2 Å². The van der Waals surface area contributed by atoms with E-state index in [1.807, 2.05) is 19.1 Å². The average molecular weight is 305 g/mol. The van der Waals surface area contributed by atoms with Crippen LogP contribution in [0.2, 0.25) is 5.02 Å². The van der Waals surface area contributed by atoms with E-state index in [0.717, 1.165) is 5.56 Å². The number of hydrogen-bond donors (Lipinski definition) is 1. The van der Waals surface area contributed by atoms with Gasteiger partial charge in [-0.25, -0.2) is 0 Å². The molecule has 1 amide bonds. The molecule has 1 heterocycles. The number of amides is 1. The standard InChI is InChI=1S/C16H17ClN2O2/c1-2-15(21-14-7-3-6-13(17)9-14)16(20)19-11-12-5-4-8-18-10-12/h3-10,15H,2,11H2,1H3,(H,19,20). The first kappa shape index (κ1) is 15.3. The van der Waals surface area contributed by atoms with Crippen molar-refractivity contribution in [1.29, 1.82) is 0 Å². The number of halogens is 1. The fraction of sp³-hybridized carbons (Fsp3) is 0.250. The summed E-state index contributed by atoms with van der Waals surface area (Å²) >= 11 is 5.90. The highest BCUT2D eigenvalue weighted by Crippen LogP contribution is 2.19.